The SMILES string of the molecule is COC(=O)Nc1ccc(OCC(=O)N2C[C@@H](C)C[C@H](C)C2)cc1. The van der Waals surface area contributed by atoms with Gasteiger partial charge in [-0.3, -0.25) is 10.1 Å². The minimum Gasteiger partial charge on any atom is -0.484 e. The lowest BCUT2D eigenvalue weighted by Gasteiger charge is -2.34. The van der Waals surface area contributed by atoms with E-state index in [1.54, 1.807) is 24.3 Å². The molecule has 1 N–H and O–H groups in total. The molecule has 126 valence electrons. The summed E-state index contributed by atoms with van der Waals surface area (Å²) in [4.78, 5) is 25.2. The van der Waals surface area contributed by atoms with E-state index in [9.17, 15) is 9.59 Å². The number of anilines is 1. The van der Waals surface area contributed by atoms with Crippen LogP contribution in [0.2, 0.25) is 0 Å². The van der Waals surface area contributed by atoms with Gasteiger partial charge in [-0.05, 0) is 42.5 Å². The number of likely N-dealkylation sites (tertiary alicyclic amines) is 1. The lowest BCUT2D eigenvalue weighted by atomic mass is 9.92. The largest absolute Gasteiger partial charge is 0.484 e. The summed E-state index contributed by atoms with van der Waals surface area (Å²) < 4.78 is 10.1. The number of nitrogens with zero attached hydrogens (tertiary/aromatic N) is 1. The molecule has 0 aliphatic carbocycles. The van der Waals surface area contributed by atoms with E-state index in [0.29, 0.717) is 23.3 Å². The van der Waals surface area contributed by atoms with E-state index < -0.39 is 6.09 Å². The summed E-state index contributed by atoms with van der Waals surface area (Å²) in [5.41, 5.74) is 0.606. The number of piperidine rings is 1. The number of ether oxygens (including phenoxy) is 2. The van der Waals surface area contributed by atoms with Crippen LogP contribution in [0.5, 0.6) is 5.75 Å². The average molecular weight is 320 g/mol. The highest BCUT2D eigenvalue weighted by molar-refractivity contribution is 5.84. The summed E-state index contributed by atoms with van der Waals surface area (Å²) in [5.74, 6) is 1.67. The molecule has 0 aromatic heterocycles. The molecule has 1 fully saturated rings. The molecule has 0 saturated carbocycles. The Bertz CT molecular complexity index is 534. The normalized spacial score (nSPS) is 20.7. The smallest absolute Gasteiger partial charge is 0.411 e. The fourth-order valence-electron chi connectivity index (χ4n) is 2.91. The molecule has 2 rings (SSSR count). The van der Waals surface area contributed by atoms with Crippen LogP contribution in [0.1, 0.15) is 20.3 Å². The quantitative estimate of drug-likeness (QED) is 0.926. The van der Waals surface area contributed by atoms with Crippen LogP contribution < -0.4 is 10.1 Å². The third-order valence-electron chi connectivity index (χ3n) is 3.87. The molecular formula is C17H24N2O4. The van der Waals surface area contributed by atoms with Crippen LogP contribution in [-0.2, 0) is 9.53 Å². The van der Waals surface area contributed by atoms with Crippen molar-refractivity contribution in [2.75, 3.05) is 32.1 Å². The fraction of sp³-hybridized carbons (Fsp3) is 0.529. The molecule has 1 aliphatic heterocycles. The van der Waals surface area contributed by atoms with Crippen molar-refractivity contribution in [2.45, 2.75) is 20.3 Å². The van der Waals surface area contributed by atoms with Gasteiger partial charge in [-0.2, -0.15) is 0 Å². The minimum absolute atomic E-state index is 0.0140. The third kappa shape index (κ3) is 5.16. The predicted molar refractivity (Wildman–Crippen MR) is 87.5 cm³/mol. The monoisotopic (exact) mass is 320 g/mol. The molecule has 1 aromatic rings. The zero-order valence-corrected chi connectivity index (χ0v) is 13.9. The molecule has 1 aromatic carbocycles. The standard InChI is InChI=1S/C17H24N2O4/c1-12-8-13(2)10-19(9-12)16(20)11-23-15-6-4-14(5-7-15)18-17(21)22-3/h4-7,12-13H,8-11H2,1-3H3,(H,18,21)/t12-,13-/m0/s1. The van der Waals surface area contributed by atoms with Crippen LogP contribution in [0, 0.1) is 11.8 Å². The molecule has 2 amide bonds. The highest BCUT2D eigenvalue weighted by Gasteiger charge is 2.25. The second-order valence-corrected chi connectivity index (χ2v) is 6.17. The van der Waals surface area contributed by atoms with Gasteiger partial charge in [0.15, 0.2) is 6.61 Å². The fourth-order valence-corrected chi connectivity index (χ4v) is 2.91. The van der Waals surface area contributed by atoms with Crippen molar-refractivity contribution >= 4 is 17.7 Å². The van der Waals surface area contributed by atoms with E-state index in [1.165, 1.54) is 13.5 Å². The maximum Gasteiger partial charge on any atom is 0.411 e. The van der Waals surface area contributed by atoms with E-state index in [0.717, 1.165) is 13.1 Å². The van der Waals surface area contributed by atoms with Gasteiger partial charge >= 0.3 is 6.09 Å². The molecule has 2 atom stereocenters. The van der Waals surface area contributed by atoms with E-state index in [4.69, 9.17) is 4.74 Å². The van der Waals surface area contributed by atoms with Crippen LogP contribution in [0.4, 0.5) is 10.5 Å². The molecule has 0 bridgehead atoms. The van der Waals surface area contributed by atoms with Crippen molar-refractivity contribution in [3.63, 3.8) is 0 Å². The van der Waals surface area contributed by atoms with Crippen LogP contribution in [0.3, 0.4) is 0 Å². The molecule has 6 heteroatoms. The topological polar surface area (TPSA) is 67.9 Å². The number of hydrogen-bond donors (Lipinski definition) is 1. The maximum absolute atomic E-state index is 12.2. The molecule has 1 heterocycles. The first-order chi connectivity index (χ1) is 11.0. The van der Waals surface area contributed by atoms with Gasteiger partial charge in [-0.25, -0.2) is 4.79 Å². The predicted octanol–water partition coefficient (Wildman–Crippen LogP) is 2.75. The summed E-state index contributed by atoms with van der Waals surface area (Å²) in [7, 11) is 1.31. The Morgan fingerprint density at radius 3 is 2.35 bits per heavy atom. The van der Waals surface area contributed by atoms with Gasteiger partial charge in [-0.1, -0.05) is 13.8 Å². The van der Waals surface area contributed by atoms with Gasteiger partial charge in [0, 0.05) is 18.8 Å². The second-order valence-electron chi connectivity index (χ2n) is 6.17. The number of nitrogens with one attached hydrogen (secondary N) is 1. The van der Waals surface area contributed by atoms with Gasteiger partial charge in [0.05, 0.1) is 7.11 Å². The zero-order chi connectivity index (χ0) is 16.8. The maximum atomic E-state index is 12.2. The molecule has 1 saturated heterocycles. The van der Waals surface area contributed by atoms with Crippen LogP contribution in [0.15, 0.2) is 24.3 Å². The van der Waals surface area contributed by atoms with Crippen molar-refractivity contribution in [1.29, 1.82) is 0 Å². The van der Waals surface area contributed by atoms with Crippen LogP contribution in [-0.4, -0.2) is 43.7 Å². The van der Waals surface area contributed by atoms with Crippen LogP contribution >= 0.6 is 0 Å². The van der Waals surface area contributed by atoms with E-state index in [1.807, 2.05) is 4.90 Å². The molecule has 0 spiro atoms. The summed E-state index contributed by atoms with van der Waals surface area (Å²) in [6.07, 6.45) is 0.640. The Balaban J connectivity index is 1.83. The highest BCUT2D eigenvalue weighted by atomic mass is 16.5. The Labute approximate surface area is 136 Å². The van der Waals surface area contributed by atoms with Gasteiger partial charge in [0.25, 0.3) is 5.91 Å². The number of hydrogen-bond acceptors (Lipinski definition) is 4. The highest BCUT2D eigenvalue weighted by Crippen LogP contribution is 2.21. The van der Waals surface area contributed by atoms with Crippen LogP contribution in [0.25, 0.3) is 0 Å². The van der Waals surface area contributed by atoms with Gasteiger partial charge in [0.2, 0.25) is 0 Å². The van der Waals surface area contributed by atoms with Gasteiger partial charge in [-0.15, -0.1) is 0 Å². The Morgan fingerprint density at radius 1 is 1.17 bits per heavy atom. The Hall–Kier alpha value is -2.24. The van der Waals surface area contributed by atoms with Crippen molar-refractivity contribution in [1.82, 2.24) is 4.90 Å². The summed E-state index contributed by atoms with van der Waals surface area (Å²) in [6.45, 7) is 5.97. The molecule has 23 heavy (non-hydrogen) atoms. The van der Waals surface area contributed by atoms with Crippen molar-refractivity contribution in [2.24, 2.45) is 11.8 Å². The number of carbonyl (C=O) groups is 2. The molecule has 0 radical (unpaired) electrons. The van der Waals surface area contributed by atoms with E-state index in [-0.39, 0.29) is 12.5 Å². The summed E-state index contributed by atoms with van der Waals surface area (Å²) in [5, 5.41) is 2.55. The van der Waals surface area contributed by atoms with Gasteiger partial charge < -0.3 is 14.4 Å². The number of methoxy groups -OCH3 is 1. The lowest BCUT2D eigenvalue weighted by Crippen LogP contribution is -2.44. The average Bonchev–Trinajstić information content (AvgIpc) is 2.52. The van der Waals surface area contributed by atoms with Crippen molar-refractivity contribution in [3.8, 4) is 5.75 Å². The Morgan fingerprint density at radius 2 is 1.78 bits per heavy atom. The summed E-state index contributed by atoms with van der Waals surface area (Å²) >= 11 is 0. The molecular weight excluding hydrogens is 296 g/mol. The number of amides is 2. The molecule has 0 unspecified atom stereocenters. The molecule has 6 nitrogen and oxygen atoms in total. The first-order valence-electron chi connectivity index (χ1n) is 7.83. The molecule has 1 aliphatic rings. The number of benzene rings is 1. The second kappa shape index (κ2) is 7.85. The van der Waals surface area contributed by atoms with E-state index >= 15 is 0 Å². The van der Waals surface area contributed by atoms with Gasteiger partial charge in [0.1, 0.15) is 5.75 Å². The zero-order valence-electron chi connectivity index (χ0n) is 13.9. The first-order valence-corrected chi connectivity index (χ1v) is 7.83. The number of carbonyl (C=O) groups excluding carboxylic acids is 2. The number of rotatable bonds is 4. The van der Waals surface area contributed by atoms with E-state index in [2.05, 4.69) is 23.9 Å². The Kier molecular flexibility index (Phi) is 5.84. The summed E-state index contributed by atoms with van der Waals surface area (Å²) in [6, 6.07) is 6.81. The minimum atomic E-state index is -0.526. The first kappa shape index (κ1) is 17.1. The third-order valence-corrected chi connectivity index (χ3v) is 3.87. The van der Waals surface area contributed by atoms with Crippen molar-refractivity contribution < 1.29 is 19.1 Å². The lowest BCUT2D eigenvalue weighted by molar-refractivity contribution is -0.136. The van der Waals surface area contributed by atoms with Crippen molar-refractivity contribution in [3.05, 3.63) is 24.3 Å².